The third-order valence-electron chi connectivity index (χ3n) is 2.30. The highest BCUT2D eigenvalue weighted by molar-refractivity contribution is 5.36. The number of benzene rings is 1. The highest BCUT2D eigenvalue weighted by atomic mass is 19.2. The summed E-state index contributed by atoms with van der Waals surface area (Å²) < 4.78 is 40.0. The first-order valence-corrected chi connectivity index (χ1v) is 4.85. The lowest BCUT2D eigenvalue weighted by molar-refractivity contribution is 0.489. The van der Waals surface area contributed by atoms with Crippen LogP contribution in [0.1, 0.15) is 5.56 Å². The minimum absolute atomic E-state index is 0.306. The molecule has 0 aliphatic carbocycles. The van der Waals surface area contributed by atoms with Crippen molar-refractivity contribution in [1.82, 2.24) is 9.55 Å². The fourth-order valence-corrected chi connectivity index (χ4v) is 1.45. The summed E-state index contributed by atoms with van der Waals surface area (Å²) in [5.41, 5.74) is -3.33. The van der Waals surface area contributed by atoms with E-state index < -0.39 is 40.0 Å². The maximum Gasteiger partial charge on any atom is 0.333 e. The van der Waals surface area contributed by atoms with E-state index in [1.165, 1.54) is 6.07 Å². The largest absolute Gasteiger partial charge is 0.333 e. The quantitative estimate of drug-likeness (QED) is 0.777. The van der Waals surface area contributed by atoms with Gasteiger partial charge in [0.05, 0.1) is 5.69 Å². The Morgan fingerprint density at radius 3 is 2.53 bits per heavy atom. The number of hydrogen-bond acceptors (Lipinski definition) is 3. The molecule has 0 spiro atoms. The van der Waals surface area contributed by atoms with Crippen molar-refractivity contribution in [1.29, 1.82) is 5.26 Å². The van der Waals surface area contributed by atoms with E-state index in [0.29, 0.717) is 22.9 Å². The van der Waals surface area contributed by atoms with Gasteiger partial charge in [-0.1, -0.05) is 0 Å². The number of aromatic nitrogens is 2. The minimum Gasteiger partial charge on any atom is -0.273 e. The number of hydrogen-bond donors (Lipinski definition) is 1. The number of nitriles is 1. The molecular weight excluding hydrogens is 263 g/mol. The lowest BCUT2D eigenvalue weighted by Gasteiger charge is -2.07. The second-order valence-corrected chi connectivity index (χ2v) is 3.50. The smallest absolute Gasteiger partial charge is 0.273 e. The highest BCUT2D eigenvalue weighted by Crippen LogP contribution is 2.16. The van der Waals surface area contributed by atoms with Crippen LogP contribution >= 0.6 is 0 Å². The van der Waals surface area contributed by atoms with E-state index in [9.17, 15) is 22.8 Å². The van der Waals surface area contributed by atoms with Gasteiger partial charge in [0, 0.05) is 18.3 Å². The molecular formula is C11H4F3N3O2. The molecule has 1 aromatic carbocycles. The van der Waals surface area contributed by atoms with Crippen LogP contribution in [0, 0.1) is 28.8 Å². The summed E-state index contributed by atoms with van der Waals surface area (Å²) in [4.78, 5) is 24.4. The number of halogens is 3. The van der Waals surface area contributed by atoms with Crippen LogP contribution in [0.5, 0.6) is 0 Å². The van der Waals surface area contributed by atoms with Crippen LogP contribution in [-0.2, 0) is 0 Å². The van der Waals surface area contributed by atoms with E-state index in [1.807, 2.05) is 0 Å². The Hall–Kier alpha value is -2.82. The van der Waals surface area contributed by atoms with Crippen molar-refractivity contribution in [2.75, 3.05) is 0 Å². The molecule has 1 N–H and O–H groups in total. The first-order valence-electron chi connectivity index (χ1n) is 4.85. The van der Waals surface area contributed by atoms with Crippen molar-refractivity contribution in [3.63, 3.8) is 0 Å². The molecule has 5 nitrogen and oxygen atoms in total. The van der Waals surface area contributed by atoms with Gasteiger partial charge in [0.2, 0.25) is 0 Å². The molecule has 2 aromatic rings. The molecule has 0 atom stereocenters. The molecule has 0 unspecified atom stereocenters. The van der Waals surface area contributed by atoms with Gasteiger partial charge in [-0.3, -0.25) is 14.3 Å². The van der Waals surface area contributed by atoms with Gasteiger partial charge in [-0.25, -0.2) is 18.0 Å². The second-order valence-electron chi connectivity index (χ2n) is 3.50. The molecule has 0 aliphatic heterocycles. The molecule has 0 aliphatic rings. The van der Waals surface area contributed by atoms with Gasteiger partial charge in [-0.15, -0.1) is 0 Å². The maximum absolute atomic E-state index is 13.5. The monoisotopic (exact) mass is 267 g/mol. The topological polar surface area (TPSA) is 78.7 Å². The molecule has 0 bridgehead atoms. The lowest BCUT2D eigenvalue weighted by atomic mass is 10.2. The predicted molar refractivity (Wildman–Crippen MR) is 57.2 cm³/mol. The summed E-state index contributed by atoms with van der Waals surface area (Å²) in [5.74, 6) is -4.07. The summed E-state index contributed by atoms with van der Waals surface area (Å²) in [6.45, 7) is 0. The second kappa shape index (κ2) is 4.45. The van der Waals surface area contributed by atoms with Gasteiger partial charge in [0.15, 0.2) is 11.6 Å². The van der Waals surface area contributed by atoms with Crippen LogP contribution in [0.15, 0.2) is 27.9 Å². The van der Waals surface area contributed by atoms with Crippen LogP contribution in [0.25, 0.3) is 5.69 Å². The van der Waals surface area contributed by atoms with Crippen LogP contribution < -0.4 is 11.2 Å². The Morgan fingerprint density at radius 2 is 1.89 bits per heavy atom. The van der Waals surface area contributed by atoms with Gasteiger partial charge in [-0.2, -0.15) is 5.26 Å². The standard InChI is InChI=1S/C11H4F3N3O2/c12-6-1-7(13)9(14)8(2-6)17-4-5(3-15)10(18)16-11(17)19/h1-2,4H,(H,16,18,19). The van der Waals surface area contributed by atoms with Gasteiger partial charge in [0.1, 0.15) is 17.4 Å². The van der Waals surface area contributed by atoms with Gasteiger partial charge in [0.25, 0.3) is 5.56 Å². The zero-order valence-corrected chi connectivity index (χ0v) is 9.08. The molecule has 8 heteroatoms. The maximum atomic E-state index is 13.5. The van der Waals surface area contributed by atoms with Gasteiger partial charge >= 0.3 is 5.69 Å². The Kier molecular flexibility index (Phi) is 2.96. The molecule has 0 saturated carbocycles. The van der Waals surface area contributed by atoms with E-state index in [4.69, 9.17) is 5.26 Å². The third kappa shape index (κ3) is 2.13. The van der Waals surface area contributed by atoms with Gasteiger partial charge < -0.3 is 0 Å². The highest BCUT2D eigenvalue weighted by Gasteiger charge is 2.15. The minimum atomic E-state index is -1.49. The van der Waals surface area contributed by atoms with Gasteiger partial charge in [-0.05, 0) is 0 Å². The van der Waals surface area contributed by atoms with Crippen LogP contribution in [0.3, 0.4) is 0 Å². The Morgan fingerprint density at radius 1 is 1.21 bits per heavy atom. The number of rotatable bonds is 1. The molecule has 1 heterocycles. The Labute approximate surface area is 103 Å². The zero-order chi connectivity index (χ0) is 14.2. The van der Waals surface area contributed by atoms with Crippen LogP contribution in [-0.4, -0.2) is 9.55 Å². The molecule has 0 fully saturated rings. The van der Waals surface area contributed by atoms with E-state index in [0.717, 1.165) is 0 Å². The summed E-state index contributed by atoms with van der Waals surface area (Å²) in [7, 11) is 0. The summed E-state index contributed by atoms with van der Waals surface area (Å²) >= 11 is 0. The lowest BCUT2D eigenvalue weighted by Crippen LogP contribution is -2.30. The van der Waals surface area contributed by atoms with E-state index in [1.54, 1.807) is 4.98 Å². The number of aromatic amines is 1. The molecule has 2 rings (SSSR count). The average molecular weight is 267 g/mol. The van der Waals surface area contributed by atoms with E-state index in [-0.39, 0.29) is 0 Å². The van der Waals surface area contributed by atoms with Crippen molar-refractivity contribution < 1.29 is 13.2 Å². The summed E-state index contributed by atoms with van der Waals surface area (Å²) in [5, 5.41) is 8.63. The Balaban J connectivity index is 2.84. The van der Waals surface area contributed by atoms with Crippen LogP contribution in [0.2, 0.25) is 0 Å². The summed E-state index contributed by atoms with van der Waals surface area (Å²) in [6.07, 6.45) is 0.707. The SMILES string of the molecule is N#Cc1cn(-c2cc(F)cc(F)c2F)c(=O)[nH]c1=O. The van der Waals surface area contributed by atoms with Crippen molar-refractivity contribution in [2.24, 2.45) is 0 Å². The Bertz CT molecular complexity index is 817. The molecule has 1 aromatic heterocycles. The fourth-order valence-electron chi connectivity index (χ4n) is 1.45. The molecule has 0 amide bonds. The first kappa shape index (κ1) is 12.6. The third-order valence-corrected chi connectivity index (χ3v) is 2.30. The number of nitrogens with zero attached hydrogens (tertiary/aromatic N) is 2. The van der Waals surface area contributed by atoms with E-state index in [2.05, 4.69) is 0 Å². The van der Waals surface area contributed by atoms with E-state index >= 15 is 0 Å². The number of H-pyrrole nitrogens is 1. The normalized spacial score (nSPS) is 10.2. The molecule has 0 radical (unpaired) electrons. The molecule has 19 heavy (non-hydrogen) atoms. The fraction of sp³-hybridized carbons (Fsp3) is 0. The van der Waals surface area contributed by atoms with Crippen molar-refractivity contribution in [3.05, 3.63) is 62.2 Å². The van der Waals surface area contributed by atoms with Crippen molar-refractivity contribution in [3.8, 4) is 11.8 Å². The summed E-state index contributed by atoms with van der Waals surface area (Å²) in [6, 6.07) is 2.34. The average Bonchev–Trinajstić information content (AvgIpc) is 2.34. The molecule has 0 saturated heterocycles. The predicted octanol–water partition coefficient (Wildman–Crippen LogP) is 0.815. The first-order chi connectivity index (χ1) is 8.93. The molecule has 96 valence electrons. The van der Waals surface area contributed by atoms with Crippen molar-refractivity contribution in [2.45, 2.75) is 0 Å². The van der Waals surface area contributed by atoms with Crippen LogP contribution in [0.4, 0.5) is 13.2 Å². The number of nitrogens with one attached hydrogen (secondary N) is 1. The van der Waals surface area contributed by atoms with Crippen molar-refractivity contribution >= 4 is 0 Å². The zero-order valence-electron chi connectivity index (χ0n) is 9.08.